The van der Waals surface area contributed by atoms with Crippen LogP contribution >= 0.6 is 31.9 Å². The number of allylic oxidation sites excluding steroid dienone is 2. The summed E-state index contributed by atoms with van der Waals surface area (Å²) in [6.07, 6.45) is 6.24. The lowest BCUT2D eigenvalue weighted by molar-refractivity contribution is -0.139. The molecule has 1 aromatic rings. The monoisotopic (exact) mass is 466 g/mol. The van der Waals surface area contributed by atoms with Crippen molar-refractivity contribution in [2.75, 3.05) is 19.1 Å². The third-order valence-electron chi connectivity index (χ3n) is 3.28. The van der Waals surface area contributed by atoms with Gasteiger partial charge in [-0.15, -0.1) is 0 Å². The SMILES string of the molecule is COC(=O)C1=C(C(=O)OC)N(c2c(Br)cc(Br)cc2C#N)C=CC=C1. The Morgan fingerprint density at radius 3 is 2.40 bits per heavy atom. The van der Waals surface area contributed by atoms with Crippen molar-refractivity contribution in [1.82, 2.24) is 0 Å². The molecule has 0 aromatic heterocycles. The van der Waals surface area contributed by atoms with E-state index >= 15 is 0 Å². The Bertz CT molecular complexity index is 866. The average molecular weight is 468 g/mol. The zero-order valence-corrected chi connectivity index (χ0v) is 16.4. The summed E-state index contributed by atoms with van der Waals surface area (Å²) < 4.78 is 10.8. The van der Waals surface area contributed by atoms with Crippen molar-refractivity contribution in [3.63, 3.8) is 0 Å². The topological polar surface area (TPSA) is 79.6 Å². The largest absolute Gasteiger partial charge is 0.465 e. The Morgan fingerprint density at radius 1 is 1.12 bits per heavy atom. The number of nitriles is 1. The molecule has 1 aliphatic heterocycles. The fourth-order valence-corrected chi connectivity index (χ4v) is 3.65. The molecule has 0 fully saturated rings. The molecule has 0 bridgehead atoms. The predicted molar refractivity (Wildman–Crippen MR) is 98.4 cm³/mol. The van der Waals surface area contributed by atoms with Gasteiger partial charge in [-0.3, -0.25) is 0 Å². The zero-order chi connectivity index (χ0) is 18.6. The summed E-state index contributed by atoms with van der Waals surface area (Å²) >= 11 is 6.73. The van der Waals surface area contributed by atoms with Gasteiger partial charge in [-0.1, -0.05) is 22.0 Å². The van der Waals surface area contributed by atoms with E-state index in [9.17, 15) is 14.9 Å². The van der Waals surface area contributed by atoms with Crippen LogP contribution in [0.4, 0.5) is 5.69 Å². The minimum atomic E-state index is -0.740. The van der Waals surface area contributed by atoms with E-state index in [0.29, 0.717) is 20.2 Å². The van der Waals surface area contributed by atoms with Gasteiger partial charge in [-0.2, -0.15) is 5.26 Å². The van der Waals surface area contributed by atoms with Gasteiger partial charge in [0.15, 0.2) is 0 Å². The van der Waals surface area contributed by atoms with E-state index in [0.717, 1.165) is 0 Å². The molecule has 1 aliphatic rings. The molecule has 0 spiro atoms. The number of hydrogen-bond acceptors (Lipinski definition) is 6. The number of ether oxygens (including phenoxy) is 2. The van der Waals surface area contributed by atoms with Crippen molar-refractivity contribution < 1.29 is 19.1 Å². The molecule has 0 N–H and O–H groups in total. The lowest BCUT2D eigenvalue weighted by Crippen LogP contribution is -2.27. The maximum atomic E-state index is 12.4. The van der Waals surface area contributed by atoms with Gasteiger partial charge < -0.3 is 14.4 Å². The first kappa shape index (κ1) is 19.0. The number of methoxy groups -OCH3 is 2. The maximum Gasteiger partial charge on any atom is 0.355 e. The Balaban J connectivity index is 2.81. The minimum absolute atomic E-state index is 0.0121. The molecular weight excluding hydrogens is 456 g/mol. The standard InChI is InChI=1S/C17H12Br2N2O4/c1-24-16(22)12-5-3-4-6-21(15(12)17(23)25-2)14-10(9-20)7-11(18)8-13(14)19/h3-8H,1-2H3. The number of nitrogens with zero attached hydrogens (tertiary/aromatic N) is 2. The van der Waals surface area contributed by atoms with Crippen LogP contribution in [-0.4, -0.2) is 26.2 Å². The molecule has 1 heterocycles. The molecule has 0 aliphatic carbocycles. The van der Waals surface area contributed by atoms with Gasteiger partial charge in [-0.05, 0) is 40.2 Å². The van der Waals surface area contributed by atoms with Crippen LogP contribution in [0.1, 0.15) is 5.56 Å². The van der Waals surface area contributed by atoms with Crippen LogP contribution in [0.15, 0.2) is 56.8 Å². The van der Waals surface area contributed by atoms with Crippen LogP contribution in [0.3, 0.4) is 0 Å². The van der Waals surface area contributed by atoms with Crippen LogP contribution in [0, 0.1) is 11.3 Å². The van der Waals surface area contributed by atoms with Gasteiger partial charge in [-0.25, -0.2) is 9.59 Å². The molecule has 8 heteroatoms. The van der Waals surface area contributed by atoms with Crippen LogP contribution in [-0.2, 0) is 19.1 Å². The van der Waals surface area contributed by atoms with Crippen LogP contribution in [0.25, 0.3) is 0 Å². The number of anilines is 1. The lowest BCUT2D eigenvalue weighted by Gasteiger charge is -2.25. The second kappa shape index (κ2) is 8.14. The molecule has 0 unspecified atom stereocenters. The first-order valence-corrected chi connectivity index (χ1v) is 8.47. The Kier molecular flexibility index (Phi) is 6.17. The number of rotatable bonds is 3. The summed E-state index contributed by atoms with van der Waals surface area (Å²) in [5.74, 6) is -1.44. The summed E-state index contributed by atoms with van der Waals surface area (Å²) in [6.45, 7) is 0. The van der Waals surface area contributed by atoms with E-state index in [4.69, 9.17) is 9.47 Å². The molecule has 6 nitrogen and oxygen atoms in total. The minimum Gasteiger partial charge on any atom is -0.465 e. The molecule has 0 saturated carbocycles. The van der Waals surface area contributed by atoms with E-state index in [-0.39, 0.29) is 11.3 Å². The van der Waals surface area contributed by atoms with Gasteiger partial charge in [0.25, 0.3) is 0 Å². The highest BCUT2D eigenvalue weighted by Gasteiger charge is 2.29. The van der Waals surface area contributed by atoms with Crippen LogP contribution in [0.5, 0.6) is 0 Å². The molecule has 2 rings (SSSR count). The van der Waals surface area contributed by atoms with Crippen molar-refractivity contribution in [1.29, 1.82) is 5.26 Å². The first-order valence-electron chi connectivity index (χ1n) is 6.88. The maximum absolute atomic E-state index is 12.4. The van der Waals surface area contributed by atoms with E-state index < -0.39 is 11.9 Å². The quantitative estimate of drug-likeness (QED) is 0.632. The second-order valence-corrected chi connectivity index (χ2v) is 6.48. The third-order valence-corrected chi connectivity index (χ3v) is 4.34. The summed E-state index contributed by atoms with van der Waals surface area (Å²) in [5.41, 5.74) is 0.641. The lowest BCUT2D eigenvalue weighted by atomic mass is 10.1. The Labute approximate surface area is 161 Å². The molecule has 0 saturated heterocycles. The van der Waals surface area contributed by atoms with Gasteiger partial charge in [0.1, 0.15) is 11.8 Å². The summed E-state index contributed by atoms with van der Waals surface area (Å²) in [7, 11) is 2.43. The van der Waals surface area contributed by atoms with Gasteiger partial charge >= 0.3 is 11.9 Å². The summed E-state index contributed by atoms with van der Waals surface area (Å²) in [4.78, 5) is 26.0. The normalized spacial score (nSPS) is 13.3. The Morgan fingerprint density at radius 2 is 1.80 bits per heavy atom. The number of carbonyl (C=O) groups is 2. The smallest absolute Gasteiger partial charge is 0.355 e. The molecule has 0 amide bonds. The molecule has 0 radical (unpaired) electrons. The van der Waals surface area contributed by atoms with Crippen molar-refractivity contribution >= 4 is 49.5 Å². The van der Waals surface area contributed by atoms with Crippen molar-refractivity contribution in [3.05, 3.63) is 62.3 Å². The highest BCUT2D eigenvalue weighted by Crippen LogP contribution is 2.37. The van der Waals surface area contributed by atoms with E-state index in [1.165, 1.54) is 25.2 Å². The van der Waals surface area contributed by atoms with Crippen LogP contribution < -0.4 is 4.90 Å². The summed E-state index contributed by atoms with van der Waals surface area (Å²) in [5, 5.41) is 9.49. The fourth-order valence-electron chi connectivity index (χ4n) is 2.23. The fraction of sp³-hybridized carbons (Fsp3) is 0.118. The number of benzene rings is 1. The second-order valence-electron chi connectivity index (χ2n) is 4.71. The number of esters is 2. The van der Waals surface area contributed by atoms with Crippen molar-refractivity contribution in [2.24, 2.45) is 0 Å². The van der Waals surface area contributed by atoms with Crippen molar-refractivity contribution in [2.45, 2.75) is 0 Å². The summed E-state index contributed by atoms with van der Waals surface area (Å²) in [6, 6.07) is 5.42. The molecule has 25 heavy (non-hydrogen) atoms. The van der Waals surface area contributed by atoms with E-state index in [1.807, 2.05) is 0 Å². The predicted octanol–water partition coefficient (Wildman–Crippen LogP) is 3.57. The average Bonchev–Trinajstić information content (AvgIpc) is 2.82. The van der Waals surface area contributed by atoms with Gasteiger partial charge in [0.05, 0.1) is 31.0 Å². The highest BCUT2D eigenvalue weighted by atomic mass is 79.9. The number of hydrogen-bond donors (Lipinski definition) is 0. The third kappa shape index (κ3) is 3.83. The Hall–Kier alpha value is -2.37. The number of carbonyl (C=O) groups excluding carboxylic acids is 2. The van der Waals surface area contributed by atoms with E-state index in [1.54, 1.807) is 30.5 Å². The highest BCUT2D eigenvalue weighted by molar-refractivity contribution is 9.11. The molecule has 1 aromatic carbocycles. The van der Waals surface area contributed by atoms with Crippen molar-refractivity contribution in [3.8, 4) is 6.07 Å². The van der Waals surface area contributed by atoms with Gasteiger partial charge in [0, 0.05) is 15.1 Å². The number of halogens is 2. The molecular formula is C17H12Br2N2O4. The van der Waals surface area contributed by atoms with E-state index in [2.05, 4.69) is 37.9 Å². The molecule has 0 atom stereocenters. The van der Waals surface area contributed by atoms with Gasteiger partial charge in [0.2, 0.25) is 0 Å². The first-order chi connectivity index (χ1) is 11.9. The zero-order valence-electron chi connectivity index (χ0n) is 13.2. The molecule has 128 valence electrons. The van der Waals surface area contributed by atoms with Crippen LogP contribution in [0.2, 0.25) is 0 Å².